The van der Waals surface area contributed by atoms with E-state index in [9.17, 15) is 13.2 Å². The zero-order valence-corrected chi connectivity index (χ0v) is 16.9. The Bertz CT molecular complexity index is 1230. The molecule has 0 spiro atoms. The largest absolute Gasteiger partial charge is 0.321 e. The molecule has 0 aliphatic carbocycles. The van der Waals surface area contributed by atoms with Gasteiger partial charge in [0.2, 0.25) is 10.0 Å². The average molecular weight is 430 g/mol. The summed E-state index contributed by atoms with van der Waals surface area (Å²) < 4.78 is 24.3. The van der Waals surface area contributed by atoms with Crippen LogP contribution in [-0.2, 0) is 16.4 Å². The first-order chi connectivity index (χ1) is 13.4. The third-order valence-corrected chi connectivity index (χ3v) is 7.08. The number of amides is 1. The maximum atomic E-state index is 12.4. The molecule has 6 nitrogen and oxygen atoms in total. The number of benzene rings is 2. The van der Waals surface area contributed by atoms with E-state index >= 15 is 0 Å². The van der Waals surface area contributed by atoms with Gasteiger partial charge in [0.25, 0.3) is 5.91 Å². The highest BCUT2D eigenvalue weighted by Crippen LogP contribution is 2.25. The standard InChI is InChI=1S/C19H15N3O3S3/c20-28(24,25)16-9-10-26-18(16)19(23)21-13-7-5-12(6-8-13)11-17-22-14-3-1-2-4-15(14)27-17/h1-10H,11H2,(H,21,23)(H2,20,24,25). The van der Waals surface area contributed by atoms with E-state index < -0.39 is 15.9 Å². The summed E-state index contributed by atoms with van der Waals surface area (Å²) in [6, 6.07) is 16.7. The first-order valence-electron chi connectivity index (χ1n) is 8.25. The quantitative estimate of drug-likeness (QED) is 0.503. The Hall–Kier alpha value is -2.59. The van der Waals surface area contributed by atoms with Crippen molar-refractivity contribution in [3.63, 3.8) is 0 Å². The van der Waals surface area contributed by atoms with Crippen molar-refractivity contribution in [1.29, 1.82) is 0 Å². The van der Waals surface area contributed by atoms with Gasteiger partial charge in [0.15, 0.2) is 0 Å². The van der Waals surface area contributed by atoms with Crippen LogP contribution in [0.2, 0.25) is 0 Å². The van der Waals surface area contributed by atoms with Crippen LogP contribution in [0, 0.1) is 0 Å². The Morgan fingerprint density at radius 1 is 1.07 bits per heavy atom. The molecule has 0 unspecified atom stereocenters. The second-order valence-corrected chi connectivity index (χ2v) is 9.62. The van der Waals surface area contributed by atoms with E-state index in [1.165, 1.54) is 11.4 Å². The van der Waals surface area contributed by atoms with Crippen LogP contribution in [-0.4, -0.2) is 19.3 Å². The number of para-hydroxylation sites is 1. The minimum absolute atomic E-state index is 0.0704. The molecule has 0 aliphatic heterocycles. The van der Waals surface area contributed by atoms with Gasteiger partial charge in [0.05, 0.1) is 15.2 Å². The molecule has 0 bridgehead atoms. The number of hydrogen-bond acceptors (Lipinski definition) is 6. The van der Waals surface area contributed by atoms with Crippen LogP contribution in [0.4, 0.5) is 5.69 Å². The number of thiazole rings is 1. The number of nitrogens with one attached hydrogen (secondary N) is 1. The Balaban J connectivity index is 1.47. The van der Waals surface area contributed by atoms with E-state index in [1.54, 1.807) is 23.5 Å². The summed E-state index contributed by atoms with van der Waals surface area (Å²) in [6.07, 6.45) is 0.702. The smallest absolute Gasteiger partial charge is 0.267 e. The summed E-state index contributed by atoms with van der Waals surface area (Å²) in [6.45, 7) is 0. The molecule has 0 aliphatic rings. The van der Waals surface area contributed by atoms with Gasteiger partial charge < -0.3 is 5.32 Å². The van der Waals surface area contributed by atoms with Gasteiger partial charge in [-0.05, 0) is 41.3 Å². The SMILES string of the molecule is NS(=O)(=O)c1ccsc1C(=O)Nc1ccc(Cc2nc3ccccc3s2)cc1. The predicted octanol–water partition coefficient (Wildman–Crippen LogP) is 3.85. The molecule has 28 heavy (non-hydrogen) atoms. The van der Waals surface area contributed by atoms with E-state index in [4.69, 9.17) is 5.14 Å². The second-order valence-electron chi connectivity index (χ2n) is 6.06. The Labute approximate surface area is 169 Å². The number of anilines is 1. The number of sulfonamides is 1. The van der Waals surface area contributed by atoms with Crippen molar-refractivity contribution < 1.29 is 13.2 Å². The molecule has 4 rings (SSSR count). The van der Waals surface area contributed by atoms with Crippen LogP contribution in [0.3, 0.4) is 0 Å². The number of carbonyl (C=O) groups is 1. The molecule has 3 N–H and O–H groups in total. The highest BCUT2D eigenvalue weighted by Gasteiger charge is 2.21. The number of nitrogens with two attached hydrogens (primary N) is 1. The molecule has 0 radical (unpaired) electrons. The van der Waals surface area contributed by atoms with Gasteiger partial charge in [0, 0.05) is 12.1 Å². The van der Waals surface area contributed by atoms with Crippen LogP contribution in [0.25, 0.3) is 10.2 Å². The molecule has 142 valence electrons. The lowest BCUT2D eigenvalue weighted by molar-refractivity contribution is 0.102. The number of carbonyl (C=O) groups excluding carboxylic acids is 1. The van der Waals surface area contributed by atoms with Gasteiger partial charge in [-0.2, -0.15) is 0 Å². The normalized spacial score (nSPS) is 11.6. The van der Waals surface area contributed by atoms with E-state index in [1.807, 2.05) is 30.3 Å². The Kier molecular flexibility index (Phi) is 4.98. The molecule has 0 atom stereocenters. The molecule has 4 aromatic rings. The van der Waals surface area contributed by atoms with E-state index in [-0.39, 0.29) is 9.77 Å². The molecule has 0 saturated heterocycles. The number of thiophene rings is 1. The van der Waals surface area contributed by atoms with Gasteiger partial charge in [-0.1, -0.05) is 24.3 Å². The van der Waals surface area contributed by atoms with Crippen LogP contribution in [0.15, 0.2) is 64.9 Å². The molecule has 1 amide bonds. The highest BCUT2D eigenvalue weighted by molar-refractivity contribution is 7.89. The summed E-state index contributed by atoms with van der Waals surface area (Å²) in [5, 5.41) is 10.4. The van der Waals surface area contributed by atoms with Crippen molar-refractivity contribution in [3.8, 4) is 0 Å². The number of rotatable bonds is 5. The van der Waals surface area contributed by atoms with Gasteiger partial charge in [-0.25, -0.2) is 18.5 Å². The fraction of sp³-hybridized carbons (Fsp3) is 0.0526. The van der Waals surface area contributed by atoms with E-state index in [0.29, 0.717) is 12.1 Å². The summed E-state index contributed by atoms with van der Waals surface area (Å²) in [5.41, 5.74) is 2.64. The lowest BCUT2D eigenvalue weighted by Crippen LogP contribution is -2.18. The molecule has 2 aromatic heterocycles. The van der Waals surface area contributed by atoms with Crippen molar-refractivity contribution in [1.82, 2.24) is 4.98 Å². The molecular weight excluding hydrogens is 414 g/mol. The average Bonchev–Trinajstić information content (AvgIpc) is 3.29. The monoisotopic (exact) mass is 429 g/mol. The lowest BCUT2D eigenvalue weighted by atomic mass is 10.1. The minimum Gasteiger partial charge on any atom is -0.321 e. The van der Waals surface area contributed by atoms with Crippen molar-refractivity contribution in [3.05, 3.63) is 75.4 Å². The number of primary sulfonamides is 1. The molecule has 0 fully saturated rings. The lowest BCUT2D eigenvalue weighted by Gasteiger charge is -2.06. The van der Waals surface area contributed by atoms with Crippen LogP contribution >= 0.6 is 22.7 Å². The van der Waals surface area contributed by atoms with Crippen LogP contribution in [0.5, 0.6) is 0 Å². The van der Waals surface area contributed by atoms with Crippen molar-refractivity contribution in [2.45, 2.75) is 11.3 Å². The molecule has 2 heterocycles. The van der Waals surface area contributed by atoms with Gasteiger partial charge in [0.1, 0.15) is 9.77 Å². The molecule has 2 aromatic carbocycles. The van der Waals surface area contributed by atoms with Crippen molar-refractivity contribution in [2.75, 3.05) is 5.32 Å². The number of fused-ring (bicyclic) bond motifs is 1. The first-order valence-corrected chi connectivity index (χ1v) is 11.5. The summed E-state index contributed by atoms with van der Waals surface area (Å²) >= 11 is 2.69. The Morgan fingerprint density at radius 3 is 2.54 bits per heavy atom. The molecule has 9 heteroatoms. The highest BCUT2D eigenvalue weighted by atomic mass is 32.2. The van der Waals surface area contributed by atoms with Crippen molar-refractivity contribution in [2.24, 2.45) is 5.14 Å². The third-order valence-electron chi connectivity index (χ3n) is 4.05. The van der Waals surface area contributed by atoms with E-state index in [0.717, 1.165) is 32.1 Å². The number of hydrogen-bond donors (Lipinski definition) is 2. The fourth-order valence-electron chi connectivity index (χ4n) is 2.75. The maximum Gasteiger partial charge on any atom is 0.267 e. The second kappa shape index (κ2) is 7.44. The summed E-state index contributed by atoms with van der Waals surface area (Å²) in [4.78, 5) is 16.9. The molecular formula is C19H15N3O3S3. The zero-order chi connectivity index (χ0) is 19.7. The summed E-state index contributed by atoms with van der Waals surface area (Å²) in [5.74, 6) is -0.502. The fourth-order valence-corrected chi connectivity index (χ4v) is 5.62. The summed E-state index contributed by atoms with van der Waals surface area (Å²) in [7, 11) is -3.94. The topological polar surface area (TPSA) is 102 Å². The zero-order valence-electron chi connectivity index (χ0n) is 14.5. The van der Waals surface area contributed by atoms with Gasteiger partial charge in [-0.3, -0.25) is 4.79 Å². The van der Waals surface area contributed by atoms with Crippen LogP contribution < -0.4 is 10.5 Å². The molecule has 0 saturated carbocycles. The maximum absolute atomic E-state index is 12.4. The first kappa shape index (κ1) is 18.8. The van der Waals surface area contributed by atoms with Gasteiger partial charge in [-0.15, -0.1) is 22.7 Å². The predicted molar refractivity (Wildman–Crippen MR) is 113 cm³/mol. The van der Waals surface area contributed by atoms with Crippen LogP contribution in [0.1, 0.15) is 20.2 Å². The number of nitrogens with zero attached hydrogens (tertiary/aromatic N) is 1. The Morgan fingerprint density at radius 2 is 1.82 bits per heavy atom. The van der Waals surface area contributed by atoms with Crippen molar-refractivity contribution >= 4 is 54.5 Å². The number of aromatic nitrogens is 1. The minimum atomic E-state index is -3.94. The third kappa shape index (κ3) is 3.97. The van der Waals surface area contributed by atoms with E-state index in [2.05, 4.69) is 16.4 Å². The van der Waals surface area contributed by atoms with Gasteiger partial charge >= 0.3 is 0 Å².